The SMILES string of the molecule is [B](Oc1nc2ccccc2n1-c1ccccc1)Oc1nc2ccccc2n1-c1ccccc1. The lowest BCUT2D eigenvalue weighted by Crippen LogP contribution is -2.16. The monoisotopic (exact) mass is 429 g/mol. The van der Waals surface area contributed by atoms with E-state index in [2.05, 4.69) is 9.97 Å². The van der Waals surface area contributed by atoms with Crippen LogP contribution in [0, 0.1) is 0 Å². The Morgan fingerprint density at radius 1 is 0.485 bits per heavy atom. The summed E-state index contributed by atoms with van der Waals surface area (Å²) < 4.78 is 15.7. The van der Waals surface area contributed by atoms with Gasteiger partial charge in [-0.25, -0.2) is 0 Å². The Morgan fingerprint density at radius 2 is 0.879 bits per heavy atom. The highest BCUT2D eigenvalue weighted by Crippen LogP contribution is 2.28. The molecule has 2 heterocycles. The van der Waals surface area contributed by atoms with Crippen LogP contribution in [0.5, 0.6) is 12.0 Å². The molecule has 0 bridgehead atoms. The van der Waals surface area contributed by atoms with Crippen molar-refractivity contribution < 1.29 is 9.31 Å². The summed E-state index contributed by atoms with van der Waals surface area (Å²) in [6.07, 6.45) is 0. The van der Waals surface area contributed by atoms with Crippen LogP contribution < -0.4 is 9.31 Å². The highest BCUT2D eigenvalue weighted by Gasteiger charge is 2.18. The third kappa shape index (κ3) is 3.49. The zero-order valence-corrected chi connectivity index (χ0v) is 17.6. The van der Waals surface area contributed by atoms with Crippen LogP contribution in [0.4, 0.5) is 0 Å². The summed E-state index contributed by atoms with van der Waals surface area (Å²) in [5, 5.41) is 0. The second-order valence-corrected chi connectivity index (χ2v) is 7.44. The van der Waals surface area contributed by atoms with Crippen molar-refractivity contribution in [3.63, 3.8) is 0 Å². The van der Waals surface area contributed by atoms with Crippen molar-refractivity contribution >= 4 is 29.8 Å². The van der Waals surface area contributed by atoms with Crippen LogP contribution in [0.15, 0.2) is 109 Å². The lowest BCUT2D eigenvalue weighted by atomic mass is 10.3. The van der Waals surface area contributed by atoms with Crippen molar-refractivity contribution in [2.75, 3.05) is 0 Å². The van der Waals surface area contributed by atoms with Crippen molar-refractivity contribution in [1.29, 1.82) is 0 Å². The first-order chi connectivity index (χ1) is 16.4. The number of para-hydroxylation sites is 6. The van der Waals surface area contributed by atoms with E-state index in [9.17, 15) is 0 Å². The summed E-state index contributed by atoms with van der Waals surface area (Å²) >= 11 is 0. The van der Waals surface area contributed by atoms with E-state index in [1.54, 1.807) is 0 Å². The Morgan fingerprint density at radius 3 is 1.33 bits per heavy atom. The number of fused-ring (bicyclic) bond motifs is 2. The smallest absolute Gasteiger partial charge is 0.498 e. The van der Waals surface area contributed by atoms with Crippen LogP contribution in [-0.2, 0) is 0 Å². The molecule has 0 unspecified atom stereocenters. The first-order valence-corrected chi connectivity index (χ1v) is 10.6. The van der Waals surface area contributed by atoms with Crippen LogP contribution in [0.1, 0.15) is 0 Å². The highest BCUT2D eigenvalue weighted by molar-refractivity contribution is 6.20. The lowest BCUT2D eigenvalue weighted by molar-refractivity contribution is 0.413. The molecule has 0 aliphatic carbocycles. The van der Waals surface area contributed by atoms with Crippen LogP contribution in [0.3, 0.4) is 0 Å². The van der Waals surface area contributed by atoms with Gasteiger partial charge in [-0.3, -0.25) is 9.13 Å². The van der Waals surface area contributed by atoms with Gasteiger partial charge in [-0.15, -0.1) is 0 Å². The summed E-state index contributed by atoms with van der Waals surface area (Å²) in [6.45, 7) is 0. The van der Waals surface area contributed by atoms with Crippen molar-refractivity contribution in [1.82, 2.24) is 19.1 Å². The summed E-state index contributed by atoms with van der Waals surface area (Å²) in [7, 11) is 1.28. The molecule has 0 aliphatic heterocycles. The normalized spacial score (nSPS) is 11.0. The van der Waals surface area contributed by atoms with Gasteiger partial charge in [-0.2, -0.15) is 9.97 Å². The van der Waals surface area contributed by atoms with Gasteiger partial charge in [0.25, 0.3) is 12.0 Å². The molecule has 1 radical (unpaired) electrons. The Labute approximate surface area is 191 Å². The van der Waals surface area contributed by atoms with E-state index in [1.807, 2.05) is 118 Å². The summed E-state index contributed by atoms with van der Waals surface area (Å²) in [4.78, 5) is 9.29. The zero-order valence-electron chi connectivity index (χ0n) is 17.6. The van der Waals surface area contributed by atoms with Gasteiger partial charge in [-0.05, 0) is 48.5 Å². The molecule has 33 heavy (non-hydrogen) atoms. The summed E-state index contributed by atoms with van der Waals surface area (Å²) in [5.74, 6) is 0. The number of nitrogens with zero attached hydrogens (tertiary/aromatic N) is 4. The van der Waals surface area contributed by atoms with Crippen LogP contribution >= 0.6 is 0 Å². The van der Waals surface area contributed by atoms with E-state index in [0.717, 1.165) is 33.4 Å². The van der Waals surface area contributed by atoms with E-state index in [0.29, 0.717) is 12.0 Å². The quantitative estimate of drug-likeness (QED) is 0.335. The van der Waals surface area contributed by atoms with Crippen molar-refractivity contribution in [3.05, 3.63) is 109 Å². The Balaban J connectivity index is 1.34. The van der Waals surface area contributed by atoms with Gasteiger partial charge >= 0.3 is 7.69 Å². The molecule has 6 nitrogen and oxygen atoms in total. The van der Waals surface area contributed by atoms with E-state index >= 15 is 0 Å². The minimum atomic E-state index is 0.407. The molecule has 2 aromatic heterocycles. The molecular weight excluding hydrogens is 411 g/mol. The van der Waals surface area contributed by atoms with Crippen LogP contribution in [0.25, 0.3) is 33.4 Å². The molecule has 0 spiro atoms. The van der Waals surface area contributed by atoms with Crippen LogP contribution in [-0.4, -0.2) is 26.8 Å². The Hall–Kier alpha value is -4.52. The zero-order chi connectivity index (χ0) is 22.0. The van der Waals surface area contributed by atoms with Gasteiger partial charge in [0.15, 0.2) is 0 Å². The van der Waals surface area contributed by atoms with Crippen LogP contribution in [0.2, 0.25) is 0 Å². The van der Waals surface area contributed by atoms with Crippen molar-refractivity contribution in [3.8, 4) is 23.4 Å². The molecule has 0 N–H and O–H groups in total. The number of imidazole rings is 2. The molecule has 6 aromatic rings. The molecule has 0 fully saturated rings. The number of hydrogen-bond acceptors (Lipinski definition) is 4. The fraction of sp³-hybridized carbons (Fsp3) is 0. The van der Waals surface area contributed by atoms with Crippen molar-refractivity contribution in [2.45, 2.75) is 0 Å². The average molecular weight is 429 g/mol. The van der Waals surface area contributed by atoms with Crippen molar-refractivity contribution in [2.24, 2.45) is 0 Å². The van der Waals surface area contributed by atoms with E-state index in [1.165, 1.54) is 7.69 Å². The molecule has 0 aliphatic rings. The number of rotatable bonds is 6. The molecular formula is C26H18BN4O2. The summed E-state index contributed by atoms with van der Waals surface area (Å²) in [5.41, 5.74) is 5.46. The maximum Gasteiger partial charge on any atom is 0.662 e. The molecule has 7 heteroatoms. The number of hydrogen-bond donors (Lipinski definition) is 0. The summed E-state index contributed by atoms with van der Waals surface area (Å²) in [6, 6.07) is 36.6. The maximum absolute atomic E-state index is 5.92. The van der Waals surface area contributed by atoms with Gasteiger partial charge in [0, 0.05) is 0 Å². The lowest BCUT2D eigenvalue weighted by Gasteiger charge is -2.11. The van der Waals surface area contributed by atoms with Gasteiger partial charge in [0.1, 0.15) is 0 Å². The molecule has 157 valence electrons. The standard InChI is InChI=1S/C26H18BN4O2/c1-3-11-19(12-4-1)30-23-17-9-7-15-21(23)28-25(30)32-27-33-26-29-22-16-8-10-18-24(22)31(26)20-13-5-2-6-14-20/h1-18H. The Bertz CT molecular complexity index is 1430. The predicted molar refractivity (Wildman–Crippen MR) is 129 cm³/mol. The van der Waals surface area contributed by atoms with Gasteiger partial charge < -0.3 is 9.31 Å². The minimum Gasteiger partial charge on any atom is -0.498 e. The second-order valence-electron chi connectivity index (χ2n) is 7.44. The second kappa shape index (κ2) is 8.20. The number of benzene rings is 4. The number of aromatic nitrogens is 4. The fourth-order valence-electron chi connectivity index (χ4n) is 3.93. The topological polar surface area (TPSA) is 54.1 Å². The fourth-order valence-corrected chi connectivity index (χ4v) is 3.93. The minimum absolute atomic E-state index is 0.407. The molecule has 0 atom stereocenters. The van der Waals surface area contributed by atoms with Gasteiger partial charge in [0.2, 0.25) is 0 Å². The first kappa shape index (κ1) is 19.2. The third-order valence-electron chi connectivity index (χ3n) is 5.40. The Kier molecular flexibility index (Phi) is 4.77. The molecule has 0 saturated heterocycles. The van der Waals surface area contributed by atoms with E-state index in [-0.39, 0.29) is 0 Å². The van der Waals surface area contributed by atoms with Gasteiger partial charge in [-0.1, -0.05) is 60.7 Å². The predicted octanol–water partition coefficient (Wildman–Crippen LogP) is 5.36. The highest BCUT2D eigenvalue weighted by atomic mass is 16.6. The molecule has 0 amide bonds. The molecule has 4 aromatic carbocycles. The average Bonchev–Trinajstić information content (AvgIpc) is 3.43. The molecule has 0 saturated carbocycles. The molecule has 6 rings (SSSR count). The van der Waals surface area contributed by atoms with E-state index in [4.69, 9.17) is 9.31 Å². The largest absolute Gasteiger partial charge is 0.662 e. The first-order valence-electron chi connectivity index (χ1n) is 10.6. The third-order valence-corrected chi connectivity index (χ3v) is 5.40. The van der Waals surface area contributed by atoms with E-state index < -0.39 is 0 Å². The van der Waals surface area contributed by atoms with Gasteiger partial charge in [0.05, 0.1) is 33.4 Å². The maximum atomic E-state index is 5.92.